The van der Waals surface area contributed by atoms with E-state index in [0.29, 0.717) is 11.7 Å². The van der Waals surface area contributed by atoms with Gasteiger partial charge in [0.2, 0.25) is 0 Å². The molecule has 1 aliphatic carbocycles. The Balaban J connectivity index is 1.64. The molecule has 1 atom stereocenters. The van der Waals surface area contributed by atoms with E-state index in [1.54, 1.807) is 0 Å². The Labute approximate surface area is 157 Å². The molecule has 1 fully saturated rings. The van der Waals surface area contributed by atoms with Crippen LogP contribution in [-0.2, 0) is 19.9 Å². The van der Waals surface area contributed by atoms with Crippen LogP contribution in [0.4, 0.5) is 0 Å². The molecule has 1 aliphatic heterocycles. The number of hydrogen-bond acceptors (Lipinski definition) is 4. The number of amides is 1. The Morgan fingerprint density at radius 2 is 1.96 bits per heavy atom. The minimum atomic E-state index is 0.144. The summed E-state index contributed by atoms with van der Waals surface area (Å²) in [5, 5.41) is 8.34. The topological polar surface area (TPSA) is 53.4 Å². The van der Waals surface area contributed by atoms with E-state index in [2.05, 4.69) is 29.2 Å². The van der Waals surface area contributed by atoms with E-state index in [0.717, 1.165) is 71.4 Å². The molecular formula is C20H35N5O. The SMILES string of the molecule is CCN(CC)CCNC1CCc2c(c(C(=O)N3CCCCC3)nn2C)C1. The third kappa shape index (κ3) is 4.29. The highest BCUT2D eigenvalue weighted by atomic mass is 16.2. The third-order valence-corrected chi connectivity index (χ3v) is 6.06. The Kier molecular flexibility index (Phi) is 6.70. The zero-order chi connectivity index (χ0) is 18.5. The number of nitrogens with zero attached hydrogens (tertiary/aromatic N) is 4. The van der Waals surface area contributed by atoms with Gasteiger partial charge in [0.25, 0.3) is 5.91 Å². The fraction of sp³-hybridized carbons (Fsp3) is 0.800. The van der Waals surface area contributed by atoms with Gasteiger partial charge in [0, 0.05) is 50.5 Å². The summed E-state index contributed by atoms with van der Waals surface area (Å²) in [7, 11) is 1.99. The summed E-state index contributed by atoms with van der Waals surface area (Å²) in [4.78, 5) is 17.4. The largest absolute Gasteiger partial charge is 0.337 e. The van der Waals surface area contributed by atoms with Gasteiger partial charge in [-0.05, 0) is 51.6 Å². The number of aryl methyl sites for hydroxylation is 1. The lowest BCUT2D eigenvalue weighted by Gasteiger charge is -2.28. The number of likely N-dealkylation sites (tertiary alicyclic amines) is 1. The van der Waals surface area contributed by atoms with Crippen LogP contribution >= 0.6 is 0 Å². The molecule has 26 heavy (non-hydrogen) atoms. The minimum Gasteiger partial charge on any atom is -0.337 e. The van der Waals surface area contributed by atoms with Crippen molar-refractivity contribution in [1.82, 2.24) is 24.9 Å². The first kappa shape index (κ1) is 19.4. The average molecular weight is 362 g/mol. The molecule has 0 aromatic carbocycles. The number of rotatable bonds is 7. The van der Waals surface area contributed by atoms with Crippen molar-refractivity contribution >= 4 is 5.91 Å². The first-order chi connectivity index (χ1) is 12.6. The van der Waals surface area contributed by atoms with E-state index in [1.807, 2.05) is 16.6 Å². The Bertz CT molecular complexity index is 602. The molecule has 0 bridgehead atoms. The van der Waals surface area contributed by atoms with Crippen molar-refractivity contribution in [2.45, 2.75) is 58.4 Å². The van der Waals surface area contributed by atoms with Crippen LogP contribution in [-0.4, -0.2) is 70.8 Å². The second-order valence-corrected chi connectivity index (χ2v) is 7.67. The van der Waals surface area contributed by atoms with Gasteiger partial charge in [0.05, 0.1) is 0 Å². The molecule has 1 amide bonds. The normalized spacial score (nSPS) is 20.5. The summed E-state index contributed by atoms with van der Waals surface area (Å²) in [6.07, 6.45) is 6.54. The molecule has 0 radical (unpaired) electrons. The van der Waals surface area contributed by atoms with Crippen LogP contribution < -0.4 is 5.32 Å². The lowest BCUT2D eigenvalue weighted by Crippen LogP contribution is -2.41. The van der Waals surface area contributed by atoms with Gasteiger partial charge in [-0.25, -0.2) is 0 Å². The van der Waals surface area contributed by atoms with Gasteiger partial charge in [-0.1, -0.05) is 13.8 Å². The van der Waals surface area contributed by atoms with E-state index in [9.17, 15) is 4.79 Å². The van der Waals surface area contributed by atoms with Crippen molar-refractivity contribution in [2.75, 3.05) is 39.3 Å². The number of fused-ring (bicyclic) bond motifs is 1. The van der Waals surface area contributed by atoms with Crippen molar-refractivity contribution < 1.29 is 4.79 Å². The molecule has 3 rings (SSSR count). The Hall–Kier alpha value is -1.40. The molecule has 0 spiro atoms. The Morgan fingerprint density at radius 3 is 2.65 bits per heavy atom. The molecule has 1 aromatic heterocycles. The number of carbonyl (C=O) groups is 1. The number of likely N-dealkylation sites (N-methyl/N-ethyl adjacent to an activating group) is 1. The standard InChI is InChI=1S/C20H35N5O/c1-4-24(5-2)14-11-21-16-9-10-18-17(15-16)19(22-23(18)3)20(26)25-12-7-6-8-13-25/h16,21H,4-15H2,1-3H3. The molecular weight excluding hydrogens is 326 g/mol. The summed E-state index contributed by atoms with van der Waals surface area (Å²) in [6, 6.07) is 0.454. The second-order valence-electron chi connectivity index (χ2n) is 7.67. The summed E-state index contributed by atoms with van der Waals surface area (Å²) in [5.41, 5.74) is 3.15. The van der Waals surface area contributed by atoms with E-state index < -0.39 is 0 Å². The molecule has 1 unspecified atom stereocenters. The molecule has 1 saturated heterocycles. The van der Waals surface area contributed by atoms with Gasteiger partial charge < -0.3 is 15.1 Å². The monoisotopic (exact) mass is 361 g/mol. The summed E-state index contributed by atoms with van der Waals surface area (Å²) in [5.74, 6) is 0.144. The van der Waals surface area contributed by atoms with Gasteiger partial charge >= 0.3 is 0 Å². The maximum Gasteiger partial charge on any atom is 0.274 e. The van der Waals surface area contributed by atoms with Crippen molar-refractivity contribution in [3.8, 4) is 0 Å². The van der Waals surface area contributed by atoms with Gasteiger partial charge in [-0.2, -0.15) is 5.10 Å². The van der Waals surface area contributed by atoms with E-state index >= 15 is 0 Å². The highest BCUT2D eigenvalue weighted by Crippen LogP contribution is 2.26. The summed E-state index contributed by atoms with van der Waals surface area (Å²) < 4.78 is 1.94. The highest BCUT2D eigenvalue weighted by Gasteiger charge is 2.30. The average Bonchev–Trinajstić information content (AvgIpc) is 3.01. The molecule has 1 aromatic rings. The fourth-order valence-electron chi connectivity index (χ4n) is 4.35. The number of nitrogens with one attached hydrogen (secondary N) is 1. The molecule has 6 heteroatoms. The van der Waals surface area contributed by atoms with Crippen LogP contribution in [0.25, 0.3) is 0 Å². The lowest BCUT2D eigenvalue weighted by atomic mass is 9.91. The van der Waals surface area contributed by atoms with Gasteiger partial charge in [-0.3, -0.25) is 9.48 Å². The van der Waals surface area contributed by atoms with Crippen LogP contribution in [0, 0.1) is 0 Å². The highest BCUT2D eigenvalue weighted by molar-refractivity contribution is 5.94. The van der Waals surface area contributed by atoms with Crippen LogP contribution in [0.3, 0.4) is 0 Å². The van der Waals surface area contributed by atoms with Crippen molar-refractivity contribution in [3.63, 3.8) is 0 Å². The van der Waals surface area contributed by atoms with Gasteiger partial charge in [0.1, 0.15) is 0 Å². The van der Waals surface area contributed by atoms with Gasteiger partial charge in [0.15, 0.2) is 5.69 Å². The predicted molar refractivity (Wildman–Crippen MR) is 105 cm³/mol. The number of aromatic nitrogens is 2. The quantitative estimate of drug-likeness (QED) is 0.805. The number of carbonyl (C=O) groups excluding carboxylic acids is 1. The molecule has 1 N–H and O–H groups in total. The summed E-state index contributed by atoms with van der Waals surface area (Å²) in [6.45, 7) is 10.5. The van der Waals surface area contributed by atoms with E-state index in [-0.39, 0.29) is 5.91 Å². The first-order valence-electron chi connectivity index (χ1n) is 10.4. The Morgan fingerprint density at radius 1 is 1.23 bits per heavy atom. The maximum absolute atomic E-state index is 13.0. The summed E-state index contributed by atoms with van der Waals surface area (Å²) >= 11 is 0. The third-order valence-electron chi connectivity index (χ3n) is 6.06. The van der Waals surface area contributed by atoms with Crippen LogP contribution in [0.5, 0.6) is 0 Å². The first-order valence-corrected chi connectivity index (χ1v) is 10.4. The molecule has 2 aliphatic rings. The van der Waals surface area contributed by atoms with Crippen molar-refractivity contribution in [1.29, 1.82) is 0 Å². The number of piperidine rings is 1. The van der Waals surface area contributed by atoms with Crippen molar-refractivity contribution in [3.05, 3.63) is 17.0 Å². The molecule has 6 nitrogen and oxygen atoms in total. The van der Waals surface area contributed by atoms with Crippen LogP contribution in [0.1, 0.15) is 61.3 Å². The van der Waals surface area contributed by atoms with E-state index in [1.165, 1.54) is 17.7 Å². The van der Waals surface area contributed by atoms with Crippen molar-refractivity contribution in [2.24, 2.45) is 7.05 Å². The smallest absolute Gasteiger partial charge is 0.274 e. The van der Waals surface area contributed by atoms with Crippen LogP contribution in [0.15, 0.2) is 0 Å². The minimum absolute atomic E-state index is 0.144. The van der Waals surface area contributed by atoms with Crippen LogP contribution in [0.2, 0.25) is 0 Å². The number of hydrogen-bond donors (Lipinski definition) is 1. The second kappa shape index (κ2) is 9.00. The van der Waals surface area contributed by atoms with Gasteiger partial charge in [-0.15, -0.1) is 0 Å². The lowest BCUT2D eigenvalue weighted by molar-refractivity contribution is 0.0716. The fourth-order valence-corrected chi connectivity index (χ4v) is 4.35. The predicted octanol–water partition coefficient (Wildman–Crippen LogP) is 1.83. The van der Waals surface area contributed by atoms with E-state index in [4.69, 9.17) is 0 Å². The molecule has 2 heterocycles. The molecule has 146 valence electrons. The zero-order valence-corrected chi connectivity index (χ0v) is 16.8. The zero-order valence-electron chi connectivity index (χ0n) is 16.8. The maximum atomic E-state index is 13.0. The molecule has 0 saturated carbocycles.